The first-order valence-corrected chi connectivity index (χ1v) is 9.38. The number of nitrogens with zero attached hydrogens (tertiary/aromatic N) is 2. The van der Waals surface area contributed by atoms with Gasteiger partial charge in [-0.05, 0) is 74.8 Å². The largest absolute Gasteiger partial charge is 0.455 e. The molecule has 4 nitrogen and oxygen atoms in total. The van der Waals surface area contributed by atoms with E-state index in [0.29, 0.717) is 22.7 Å². The van der Waals surface area contributed by atoms with Crippen molar-refractivity contribution in [1.82, 2.24) is 0 Å². The van der Waals surface area contributed by atoms with Gasteiger partial charge in [0.25, 0.3) is 5.91 Å². The van der Waals surface area contributed by atoms with E-state index in [2.05, 4.69) is 46.6 Å². The Bertz CT molecular complexity index is 1490. The summed E-state index contributed by atoms with van der Waals surface area (Å²) in [6, 6.07) is 28.2. The van der Waals surface area contributed by atoms with Crippen LogP contribution >= 0.6 is 0 Å². The van der Waals surface area contributed by atoms with Crippen LogP contribution in [0, 0.1) is 0 Å². The lowest BCUT2D eigenvalue weighted by atomic mass is 9.96. The Morgan fingerprint density at radius 2 is 1.28 bits per heavy atom. The van der Waals surface area contributed by atoms with Crippen LogP contribution in [0.5, 0.6) is 11.5 Å². The van der Waals surface area contributed by atoms with Crippen molar-refractivity contribution in [2.75, 3.05) is 0 Å². The second-order valence-electron chi connectivity index (χ2n) is 7.14. The van der Waals surface area contributed by atoms with Gasteiger partial charge in [0.1, 0.15) is 11.4 Å². The van der Waals surface area contributed by atoms with Gasteiger partial charge in [-0.25, -0.2) is 0 Å². The molecule has 0 saturated heterocycles. The maximum Gasteiger partial charge on any atom is 0.298 e. The zero-order valence-electron chi connectivity index (χ0n) is 15.3. The predicted molar refractivity (Wildman–Crippen MR) is 114 cm³/mol. The van der Waals surface area contributed by atoms with E-state index in [1.807, 2.05) is 48.5 Å². The number of benzene rings is 5. The Kier molecular flexibility index (Phi) is 3.29. The van der Waals surface area contributed by atoms with Crippen LogP contribution < -0.4 is 4.74 Å². The molecule has 0 aliphatic carbocycles. The number of amides is 1. The van der Waals surface area contributed by atoms with Gasteiger partial charge in [0.05, 0.1) is 5.56 Å². The summed E-state index contributed by atoms with van der Waals surface area (Å²) >= 11 is 0. The molecule has 1 heterocycles. The van der Waals surface area contributed by atoms with Gasteiger partial charge in [0, 0.05) is 0 Å². The first-order valence-electron chi connectivity index (χ1n) is 9.38. The Balaban J connectivity index is 1.64. The molecule has 0 atom stereocenters. The van der Waals surface area contributed by atoms with Crippen molar-refractivity contribution in [3.8, 4) is 11.5 Å². The van der Waals surface area contributed by atoms with E-state index in [4.69, 9.17) is 4.74 Å². The molecule has 5 aromatic rings. The average Bonchev–Trinajstić information content (AvgIpc) is 3.14. The predicted octanol–water partition coefficient (Wildman–Crippen LogP) is 7.18. The first kappa shape index (κ1) is 16.0. The lowest BCUT2D eigenvalue weighted by Gasteiger charge is -2.12. The molecular weight excluding hydrogens is 360 g/mol. The molecule has 0 radical (unpaired) electrons. The summed E-state index contributed by atoms with van der Waals surface area (Å²) in [6.45, 7) is 0. The topological polar surface area (TPSA) is 51.0 Å². The van der Waals surface area contributed by atoms with Crippen molar-refractivity contribution in [3.63, 3.8) is 0 Å². The minimum Gasteiger partial charge on any atom is -0.455 e. The molecule has 1 aliphatic rings. The number of fused-ring (bicyclic) bond motifs is 5. The summed E-state index contributed by atoms with van der Waals surface area (Å²) in [5, 5.41) is 14.2. The van der Waals surface area contributed by atoms with Gasteiger partial charge in [-0.1, -0.05) is 42.5 Å². The Morgan fingerprint density at radius 3 is 2.03 bits per heavy atom. The van der Waals surface area contributed by atoms with Crippen LogP contribution in [0.2, 0.25) is 0 Å². The molecule has 0 bridgehead atoms. The molecule has 136 valence electrons. The summed E-state index contributed by atoms with van der Waals surface area (Å²) in [5.41, 5.74) is 0.995. The zero-order valence-corrected chi connectivity index (χ0v) is 15.3. The monoisotopic (exact) mass is 374 g/mol. The summed E-state index contributed by atoms with van der Waals surface area (Å²) in [7, 11) is 0. The molecule has 0 fully saturated rings. The van der Waals surface area contributed by atoms with Crippen molar-refractivity contribution in [2.24, 2.45) is 10.2 Å². The fraction of sp³-hybridized carbons (Fsp3) is 0. The van der Waals surface area contributed by atoms with Crippen molar-refractivity contribution >= 4 is 43.9 Å². The highest BCUT2D eigenvalue weighted by molar-refractivity contribution is 6.17. The van der Waals surface area contributed by atoms with E-state index in [1.54, 1.807) is 0 Å². The van der Waals surface area contributed by atoms with Crippen molar-refractivity contribution in [2.45, 2.75) is 0 Å². The van der Waals surface area contributed by atoms with Crippen LogP contribution in [0.4, 0.5) is 5.69 Å². The van der Waals surface area contributed by atoms with E-state index < -0.39 is 0 Å². The second kappa shape index (κ2) is 5.97. The van der Waals surface area contributed by atoms with Gasteiger partial charge >= 0.3 is 0 Å². The Hall–Kier alpha value is -4.05. The van der Waals surface area contributed by atoms with Crippen molar-refractivity contribution in [1.29, 1.82) is 0 Å². The molecular formula is C25H14N2O2. The highest BCUT2D eigenvalue weighted by atomic mass is 16.5. The maximum atomic E-state index is 12.5. The van der Waals surface area contributed by atoms with Crippen LogP contribution in [0.25, 0.3) is 32.3 Å². The normalized spacial score (nSPS) is 12.8. The molecule has 4 heteroatoms. The zero-order chi connectivity index (χ0) is 19.4. The van der Waals surface area contributed by atoms with Crippen LogP contribution in [-0.4, -0.2) is 5.91 Å². The summed E-state index contributed by atoms with van der Waals surface area (Å²) in [6.07, 6.45) is 0. The van der Waals surface area contributed by atoms with Gasteiger partial charge in [-0.15, -0.1) is 10.2 Å². The number of para-hydroxylation sites is 1. The Labute approximate surface area is 166 Å². The molecule has 0 aromatic heterocycles. The van der Waals surface area contributed by atoms with E-state index in [-0.39, 0.29) is 5.91 Å². The molecule has 1 amide bonds. The number of rotatable bonds is 2. The third-order valence-electron chi connectivity index (χ3n) is 5.33. The molecule has 0 spiro atoms. The molecule has 0 N–H and O–H groups in total. The average molecular weight is 374 g/mol. The molecule has 29 heavy (non-hydrogen) atoms. The number of hydrogen-bond donors (Lipinski definition) is 0. The molecule has 6 rings (SSSR count). The summed E-state index contributed by atoms with van der Waals surface area (Å²) < 4.78 is 6.05. The standard InChI is InChI=1S/C25H14N2O2/c28-25-23-21-13-18-11-16-7-5-4-6-15(16)10-17(18)12-19(21)14-22(24(23)26-27-25)29-20-8-2-1-3-9-20/h1-14H. The quantitative estimate of drug-likeness (QED) is 0.307. The number of carbonyl (C=O) groups excluding carboxylic acids is 1. The maximum absolute atomic E-state index is 12.5. The van der Waals surface area contributed by atoms with Gasteiger partial charge in [-0.3, -0.25) is 4.79 Å². The highest BCUT2D eigenvalue weighted by Crippen LogP contribution is 2.44. The summed E-state index contributed by atoms with van der Waals surface area (Å²) in [5.74, 6) is 0.896. The van der Waals surface area contributed by atoms with E-state index >= 15 is 0 Å². The smallest absolute Gasteiger partial charge is 0.298 e. The molecule has 0 unspecified atom stereocenters. The van der Waals surface area contributed by atoms with Gasteiger partial charge in [0.15, 0.2) is 5.75 Å². The van der Waals surface area contributed by atoms with E-state index in [9.17, 15) is 4.79 Å². The van der Waals surface area contributed by atoms with Crippen LogP contribution in [0.1, 0.15) is 10.4 Å². The fourth-order valence-corrected chi connectivity index (χ4v) is 3.96. The van der Waals surface area contributed by atoms with Gasteiger partial charge in [0.2, 0.25) is 0 Å². The number of azo groups is 1. The summed E-state index contributed by atoms with van der Waals surface area (Å²) in [4.78, 5) is 12.5. The van der Waals surface area contributed by atoms with Gasteiger partial charge in [-0.2, -0.15) is 0 Å². The molecule has 1 aliphatic heterocycles. The van der Waals surface area contributed by atoms with Crippen LogP contribution in [0.3, 0.4) is 0 Å². The fourth-order valence-electron chi connectivity index (χ4n) is 3.96. The van der Waals surface area contributed by atoms with Crippen LogP contribution in [-0.2, 0) is 0 Å². The molecule has 5 aromatic carbocycles. The third kappa shape index (κ3) is 2.50. The SMILES string of the molecule is O=C1N=Nc2c(Oc3ccccc3)cc3cc4cc5ccccc5cc4cc3c21. The van der Waals surface area contributed by atoms with Crippen molar-refractivity contribution in [3.05, 3.63) is 90.5 Å². The number of carbonyl (C=O) groups is 1. The Morgan fingerprint density at radius 1 is 0.621 bits per heavy atom. The minimum absolute atomic E-state index is 0.330. The second-order valence-corrected chi connectivity index (χ2v) is 7.14. The van der Waals surface area contributed by atoms with Crippen molar-refractivity contribution < 1.29 is 9.53 Å². The lowest BCUT2D eigenvalue weighted by molar-refractivity contribution is 0.100. The van der Waals surface area contributed by atoms with E-state index in [1.165, 1.54) is 10.8 Å². The molecule has 0 saturated carbocycles. The highest BCUT2D eigenvalue weighted by Gasteiger charge is 2.26. The minimum atomic E-state index is -0.330. The first-order chi connectivity index (χ1) is 14.3. The number of ether oxygens (including phenoxy) is 1. The van der Waals surface area contributed by atoms with Gasteiger partial charge < -0.3 is 4.74 Å². The van der Waals surface area contributed by atoms with E-state index in [0.717, 1.165) is 21.5 Å². The third-order valence-corrected chi connectivity index (χ3v) is 5.33. The van der Waals surface area contributed by atoms with Crippen LogP contribution in [0.15, 0.2) is 95.2 Å². The lowest BCUT2D eigenvalue weighted by Crippen LogP contribution is -1.94. The number of hydrogen-bond acceptors (Lipinski definition) is 3.